The van der Waals surface area contributed by atoms with E-state index in [0.717, 1.165) is 19.5 Å². The van der Waals surface area contributed by atoms with E-state index in [4.69, 9.17) is 4.74 Å². The molecule has 0 saturated heterocycles. The summed E-state index contributed by atoms with van der Waals surface area (Å²) in [5, 5.41) is 0. The molecule has 0 radical (unpaired) electrons. The van der Waals surface area contributed by atoms with Gasteiger partial charge in [-0.3, -0.25) is 4.79 Å². The minimum Gasteiger partial charge on any atom is -0.465 e. The van der Waals surface area contributed by atoms with Crippen LogP contribution in [-0.2, 0) is 9.53 Å². The Hall–Kier alpha value is -0.570. The van der Waals surface area contributed by atoms with Crippen LogP contribution in [0.25, 0.3) is 0 Å². The summed E-state index contributed by atoms with van der Waals surface area (Å²) in [6.07, 6.45) is 5.21. The van der Waals surface area contributed by atoms with Crippen LogP contribution in [0.15, 0.2) is 0 Å². The highest BCUT2D eigenvalue weighted by atomic mass is 16.5. The van der Waals surface area contributed by atoms with Crippen molar-refractivity contribution in [3.8, 4) is 0 Å². The molecule has 0 aromatic heterocycles. The van der Waals surface area contributed by atoms with Crippen molar-refractivity contribution < 1.29 is 9.53 Å². The first kappa shape index (κ1) is 18.4. The maximum Gasteiger partial charge on any atom is 0.307 e. The predicted molar refractivity (Wildman–Crippen MR) is 81.3 cm³/mol. The van der Waals surface area contributed by atoms with Crippen LogP contribution < -0.4 is 0 Å². The maximum absolute atomic E-state index is 11.8. The molecule has 0 aliphatic heterocycles. The Labute approximate surface area is 119 Å². The number of esters is 1. The van der Waals surface area contributed by atoms with Gasteiger partial charge in [0.2, 0.25) is 0 Å². The lowest BCUT2D eigenvalue weighted by Crippen LogP contribution is -2.35. The number of carbonyl (C=O) groups excluding carboxylic acids is 1. The highest BCUT2D eigenvalue weighted by Gasteiger charge is 2.16. The monoisotopic (exact) mass is 271 g/mol. The molecule has 0 aromatic rings. The van der Waals surface area contributed by atoms with Gasteiger partial charge in [0, 0.05) is 6.04 Å². The van der Waals surface area contributed by atoms with Gasteiger partial charge in [-0.1, -0.05) is 47.0 Å². The van der Waals surface area contributed by atoms with Crippen molar-refractivity contribution in [1.29, 1.82) is 0 Å². The predicted octanol–water partition coefficient (Wildman–Crippen LogP) is 3.87. The van der Waals surface area contributed by atoms with Crippen molar-refractivity contribution in [1.82, 2.24) is 4.90 Å². The number of carbonyl (C=O) groups is 1. The molecule has 0 aromatic carbocycles. The SMILES string of the molecule is CCCCC(CC)COC(=O)CC(C)N(CC)CC. The zero-order valence-electron chi connectivity index (χ0n) is 13.6. The molecule has 2 atom stereocenters. The van der Waals surface area contributed by atoms with Crippen molar-refractivity contribution >= 4 is 5.97 Å². The lowest BCUT2D eigenvalue weighted by Gasteiger charge is -2.25. The number of rotatable bonds is 11. The fourth-order valence-corrected chi connectivity index (χ4v) is 2.39. The van der Waals surface area contributed by atoms with Crippen molar-refractivity contribution in [2.45, 2.75) is 72.8 Å². The van der Waals surface area contributed by atoms with Crippen LogP contribution in [0.2, 0.25) is 0 Å². The fraction of sp³-hybridized carbons (Fsp3) is 0.938. The maximum atomic E-state index is 11.8. The van der Waals surface area contributed by atoms with Crippen molar-refractivity contribution in [3.63, 3.8) is 0 Å². The lowest BCUT2D eigenvalue weighted by molar-refractivity contribution is -0.146. The second kappa shape index (κ2) is 11.3. The number of unbranched alkanes of at least 4 members (excludes halogenated alkanes) is 1. The summed E-state index contributed by atoms with van der Waals surface area (Å²) in [7, 11) is 0. The summed E-state index contributed by atoms with van der Waals surface area (Å²) in [6.45, 7) is 13.3. The third-order valence-corrected chi connectivity index (χ3v) is 3.92. The third kappa shape index (κ3) is 8.25. The molecule has 0 amide bonds. The van der Waals surface area contributed by atoms with E-state index in [0.29, 0.717) is 18.9 Å². The molecule has 0 saturated carbocycles. The molecule has 0 heterocycles. The Morgan fingerprint density at radius 3 is 2.26 bits per heavy atom. The lowest BCUT2D eigenvalue weighted by atomic mass is 10.0. The molecule has 0 aliphatic carbocycles. The van der Waals surface area contributed by atoms with Crippen molar-refractivity contribution in [2.75, 3.05) is 19.7 Å². The van der Waals surface area contributed by atoms with Gasteiger partial charge < -0.3 is 9.64 Å². The molecule has 0 rings (SSSR count). The average Bonchev–Trinajstić information content (AvgIpc) is 2.40. The molecule has 0 N–H and O–H groups in total. The molecular formula is C16H33NO2. The Bertz CT molecular complexity index is 227. The van der Waals surface area contributed by atoms with Crippen LogP contribution in [0.4, 0.5) is 0 Å². The zero-order chi connectivity index (χ0) is 14.7. The van der Waals surface area contributed by atoms with E-state index in [2.05, 4.69) is 39.5 Å². The van der Waals surface area contributed by atoms with Gasteiger partial charge in [-0.25, -0.2) is 0 Å². The van der Waals surface area contributed by atoms with Gasteiger partial charge in [-0.2, -0.15) is 0 Å². The van der Waals surface area contributed by atoms with Crippen LogP contribution in [0.3, 0.4) is 0 Å². The molecule has 0 spiro atoms. The van der Waals surface area contributed by atoms with Gasteiger partial charge in [-0.05, 0) is 32.4 Å². The molecule has 114 valence electrons. The Morgan fingerprint density at radius 2 is 1.79 bits per heavy atom. The van der Waals surface area contributed by atoms with E-state index in [9.17, 15) is 4.79 Å². The van der Waals surface area contributed by atoms with Crippen LogP contribution in [0, 0.1) is 5.92 Å². The topological polar surface area (TPSA) is 29.5 Å². The summed E-state index contributed by atoms with van der Waals surface area (Å²) in [5.74, 6) is 0.488. The first-order valence-electron chi connectivity index (χ1n) is 7.98. The molecular weight excluding hydrogens is 238 g/mol. The Morgan fingerprint density at radius 1 is 1.16 bits per heavy atom. The van der Waals surface area contributed by atoms with Gasteiger partial charge in [0.15, 0.2) is 0 Å². The van der Waals surface area contributed by atoms with Crippen LogP contribution in [-0.4, -0.2) is 36.6 Å². The Balaban J connectivity index is 3.96. The van der Waals surface area contributed by atoms with E-state index in [1.165, 1.54) is 19.3 Å². The van der Waals surface area contributed by atoms with Gasteiger partial charge in [0.1, 0.15) is 0 Å². The number of nitrogens with zero attached hydrogens (tertiary/aromatic N) is 1. The van der Waals surface area contributed by atoms with Crippen LogP contribution >= 0.6 is 0 Å². The summed E-state index contributed by atoms with van der Waals surface area (Å²) >= 11 is 0. The average molecular weight is 271 g/mol. The van der Waals surface area contributed by atoms with E-state index >= 15 is 0 Å². The largest absolute Gasteiger partial charge is 0.465 e. The molecule has 2 unspecified atom stereocenters. The van der Waals surface area contributed by atoms with E-state index in [1.54, 1.807) is 0 Å². The van der Waals surface area contributed by atoms with E-state index in [1.807, 2.05) is 0 Å². The first-order valence-corrected chi connectivity index (χ1v) is 7.98. The van der Waals surface area contributed by atoms with Crippen molar-refractivity contribution in [2.24, 2.45) is 5.92 Å². The van der Waals surface area contributed by atoms with E-state index < -0.39 is 0 Å². The highest BCUT2D eigenvalue weighted by molar-refractivity contribution is 5.70. The Kier molecular flexibility index (Phi) is 10.9. The minimum atomic E-state index is -0.0469. The number of ether oxygens (including phenoxy) is 1. The summed E-state index contributed by atoms with van der Waals surface area (Å²) in [4.78, 5) is 14.1. The molecule has 19 heavy (non-hydrogen) atoms. The quantitative estimate of drug-likeness (QED) is 0.534. The highest BCUT2D eigenvalue weighted by Crippen LogP contribution is 2.13. The third-order valence-electron chi connectivity index (χ3n) is 3.92. The summed E-state index contributed by atoms with van der Waals surface area (Å²) < 4.78 is 5.44. The van der Waals surface area contributed by atoms with Gasteiger partial charge in [-0.15, -0.1) is 0 Å². The molecule has 3 nitrogen and oxygen atoms in total. The second-order valence-electron chi connectivity index (χ2n) is 5.37. The summed E-state index contributed by atoms with van der Waals surface area (Å²) in [5.41, 5.74) is 0. The van der Waals surface area contributed by atoms with Gasteiger partial charge >= 0.3 is 5.97 Å². The molecule has 0 bridgehead atoms. The first-order chi connectivity index (χ1) is 9.08. The smallest absolute Gasteiger partial charge is 0.307 e. The van der Waals surface area contributed by atoms with Gasteiger partial charge in [0.05, 0.1) is 13.0 Å². The van der Waals surface area contributed by atoms with Crippen LogP contribution in [0.5, 0.6) is 0 Å². The van der Waals surface area contributed by atoms with Crippen molar-refractivity contribution in [3.05, 3.63) is 0 Å². The molecule has 0 fully saturated rings. The second-order valence-corrected chi connectivity index (χ2v) is 5.37. The fourth-order valence-electron chi connectivity index (χ4n) is 2.39. The summed E-state index contributed by atoms with van der Waals surface area (Å²) in [6, 6.07) is 0.276. The standard InChI is InChI=1S/C16H33NO2/c1-6-10-11-15(7-2)13-19-16(18)12-14(5)17(8-3)9-4/h14-15H,6-13H2,1-5H3. The number of hydrogen-bond acceptors (Lipinski definition) is 3. The van der Waals surface area contributed by atoms with Crippen LogP contribution in [0.1, 0.15) is 66.7 Å². The zero-order valence-corrected chi connectivity index (χ0v) is 13.6. The number of hydrogen-bond donors (Lipinski definition) is 0. The van der Waals surface area contributed by atoms with Gasteiger partial charge in [0.25, 0.3) is 0 Å². The molecule has 0 aliphatic rings. The van der Waals surface area contributed by atoms with E-state index in [-0.39, 0.29) is 12.0 Å². The minimum absolute atomic E-state index is 0.0469. The molecule has 3 heteroatoms. The normalized spacial score (nSPS) is 14.4.